The van der Waals surface area contributed by atoms with E-state index in [2.05, 4.69) is 12.0 Å². The van der Waals surface area contributed by atoms with Gasteiger partial charge in [-0.05, 0) is 37.7 Å². The van der Waals surface area contributed by atoms with Crippen LogP contribution in [0.1, 0.15) is 43.7 Å². The van der Waals surface area contributed by atoms with Gasteiger partial charge in [-0.3, -0.25) is 4.79 Å². The van der Waals surface area contributed by atoms with Gasteiger partial charge >= 0.3 is 6.18 Å². The van der Waals surface area contributed by atoms with E-state index in [0.29, 0.717) is 24.3 Å². The highest BCUT2D eigenvalue weighted by molar-refractivity contribution is 5.85. The van der Waals surface area contributed by atoms with Gasteiger partial charge in [-0.2, -0.15) is 28.2 Å². The lowest BCUT2D eigenvalue weighted by Crippen LogP contribution is -2.27. The maximum atomic E-state index is 13.4. The Kier molecular flexibility index (Phi) is 5.17. The first-order chi connectivity index (χ1) is 12.8. The fourth-order valence-electron chi connectivity index (χ4n) is 3.34. The number of pyridine rings is 1. The van der Waals surface area contributed by atoms with Crippen molar-refractivity contribution in [3.63, 3.8) is 0 Å². The largest absolute Gasteiger partial charge is 0.417 e. The summed E-state index contributed by atoms with van der Waals surface area (Å²) in [5.41, 5.74) is -2.00. The first kappa shape index (κ1) is 18.9. The fraction of sp³-hybridized carbons (Fsp3) is 0.350. The molecular formula is C20H18F3N3O. The van der Waals surface area contributed by atoms with E-state index in [1.807, 2.05) is 0 Å². The second-order valence-electron chi connectivity index (χ2n) is 6.78. The van der Waals surface area contributed by atoms with Crippen molar-refractivity contribution < 1.29 is 13.2 Å². The van der Waals surface area contributed by atoms with Crippen LogP contribution in [0.4, 0.5) is 13.2 Å². The molecule has 0 aliphatic heterocycles. The number of benzene rings is 1. The summed E-state index contributed by atoms with van der Waals surface area (Å²) in [5.74, 6) is 0.401. The molecule has 1 saturated carbocycles. The minimum Gasteiger partial charge on any atom is -0.266 e. The average molecular weight is 373 g/mol. The molecule has 1 fully saturated rings. The lowest BCUT2D eigenvalue weighted by molar-refractivity contribution is -0.137. The summed E-state index contributed by atoms with van der Waals surface area (Å²) >= 11 is 0. The van der Waals surface area contributed by atoms with Crippen LogP contribution in [0.5, 0.6) is 0 Å². The third-order valence-electron chi connectivity index (χ3n) is 4.66. The summed E-state index contributed by atoms with van der Waals surface area (Å²) in [6.07, 6.45) is -1.46. The van der Waals surface area contributed by atoms with Crippen LogP contribution in [0, 0.1) is 17.2 Å². The van der Waals surface area contributed by atoms with Gasteiger partial charge in [-0.1, -0.05) is 37.3 Å². The van der Waals surface area contributed by atoms with Gasteiger partial charge in [-0.25, -0.2) is 0 Å². The molecule has 1 aliphatic rings. The van der Waals surface area contributed by atoms with Crippen molar-refractivity contribution >= 4 is 5.71 Å². The molecule has 0 radical (unpaired) electrons. The van der Waals surface area contributed by atoms with Crippen molar-refractivity contribution in [2.24, 2.45) is 11.0 Å². The zero-order chi connectivity index (χ0) is 19.6. The Balaban J connectivity index is 2.29. The molecule has 1 heterocycles. The summed E-state index contributed by atoms with van der Waals surface area (Å²) in [5, 5.41) is 13.6. The number of nitriles is 1. The summed E-state index contributed by atoms with van der Waals surface area (Å²) in [7, 11) is 0. The normalized spacial score (nSPS) is 19.1. The molecule has 0 bridgehead atoms. The van der Waals surface area contributed by atoms with Crippen molar-refractivity contribution in [1.29, 1.82) is 5.26 Å². The summed E-state index contributed by atoms with van der Waals surface area (Å²) in [6.45, 7) is 2.07. The number of aromatic nitrogens is 1. The molecule has 1 aromatic carbocycles. The molecule has 0 unspecified atom stereocenters. The molecule has 3 rings (SSSR count). The Morgan fingerprint density at radius 2 is 1.96 bits per heavy atom. The lowest BCUT2D eigenvalue weighted by atomic mass is 9.89. The van der Waals surface area contributed by atoms with Gasteiger partial charge in [0, 0.05) is 11.3 Å². The van der Waals surface area contributed by atoms with Crippen LogP contribution in [0.3, 0.4) is 0 Å². The second-order valence-corrected chi connectivity index (χ2v) is 6.78. The van der Waals surface area contributed by atoms with Crippen molar-refractivity contribution in [1.82, 2.24) is 4.68 Å². The Hall–Kier alpha value is -2.88. The van der Waals surface area contributed by atoms with E-state index in [4.69, 9.17) is 0 Å². The fourth-order valence-corrected chi connectivity index (χ4v) is 3.34. The summed E-state index contributed by atoms with van der Waals surface area (Å²) < 4.78 is 41.2. The van der Waals surface area contributed by atoms with Crippen molar-refractivity contribution in [3.05, 3.63) is 57.9 Å². The van der Waals surface area contributed by atoms with Gasteiger partial charge in [0.25, 0.3) is 5.56 Å². The quantitative estimate of drug-likeness (QED) is 0.758. The maximum Gasteiger partial charge on any atom is 0.417 e. The number of hydrogen-bond acceptors (Lipinski definition) is 3. The number of rotatable bonds is 2. The zero-order valence-electron chi connectivity index (χ0n) is 14.8. The third kappa shape index (κ3) is 3.95. The first-order valence-electron chi connectivity index (χ1n) is 8.70. The monoisotopic (exact) mass is 373 g/mol. The van der Waals surface area contributed by atoms with Crippen LogP contribution in [-0.2, 0) is 6.18 Å². The minimum absolute atomic E-state index is 0.0256. The molecule has 4 nitrogen and oxygen atoms in total. The van der Waals surface area contributed by atoms with Crippen molar-refractivity contribution in [2.45, 2.75) is 38.8 Å². The van der Waals surface area contributed by atoms with Crippen LogP contribution in [0.2, 0.25) is 0 Å². The molecule has 7 heteroatoms. The molecule has 140 valence electrons. The Labute approximate surface area is 154 Å². The summed E-state index contributed by atoms with van der Waals surface area (Å²) in [6, 6.07) is 10.6. The molecule has 0 N–H and O–H groups in total. The SMILES string of the molecule is C[C@@H]1CCCC(=Nn2c(-c3ccccc3)cc(C(F)(F)F)c(C#N)c2=O)C1. The molecule has 1 atom stereocenters. The molecule has 1 aromatic heterocycles. The van der Waals surface area contributed by atoms with E-state index in [-0.39, 0.29) is 5.69 Å². The van der Waals surface area contributed by atoms with E-state index in [1.54, 1.807) is 30.3 Å². The minimum atomic E-state index is -4.81. The van der Waals surface area contributed by atoms with Gasteiger partial charge in [0.1, 0.15) is 11.6 Å². The highest BCUT2D eigenvalue weighted by atomic mass is 19.4. The van der Waals surface area contributed by atoms with Crippen molar-refractivity contribution in [2.75, 3.05) is 0 Å². The molecular weight excluding hydrogens is 355 g/mol. The van der Waals surface area contributed by atoms with Crippen LogP contribution >= 0.6 is 0 Å². The molecule has 0 saturated heterocycles. The van der Waals surface area contributed by atoms with Gasteiger partial charge in [-0.15, -0.1) is 0 Å². The van der Waals surface area contributed by atoms with E-state index in [1.165, 1.54) is 6.07 Å². The summed E-state index contributed by atoms with van der Waals surface area (Å²) in [4.78, 5) is 12.8. The third-order valence-corrected chi connectivity index (χ3v) is 4.66. The van der Waals surface area contributed by atoms with Crippen LogP contribution in [-0.4, -0.2) is 10.4 Å². The highest BCUT2D eigenvalue weighted by Gasteiger charge is 2.36. The van der Waals surface area contributed by atoms with Crippen LogP contribution in [0.15, 0.2) is 46.3 Å². The number of nitrogens with zero attached hydrogens (tertiary/aromatic N) is 3. The predicted molar refractivity (Wildman–Crippen MR) is 96.3 cm³/mol. The van der Waals surface area contributed by atoms with E-state index >= 15 is 0 Å². The average Bonchev–Trinajstić information content (AvgIpc) is 2.63. The van der Waals surface area contributed by atoms with E-state index in [0.717, 1.165) is 29.3 Å². The van der Waals surface area contributed by atoms with Gasteiger partial charge < -0.3 is 0 Å². The topological polar surface area (TPSA) is 58.1 Å². The van der Waals surface area contributed by atoms with E-state index in [9.17, 15) is 23.2 Å². The number of alkyl halides is 3. The second kappa shape index (κ2) is 7.39. The zero-order valence-corrected chi connectivity index (χ0v) is 14.8. The predicted octanol–water partition coefficient (Wildman–Crippen LogP) is 4.82. The number of halogens is 3. The Bertz CT molecular complexity index is 969. The number of hydrogen-bond donors (Lipinski definition) is 0. The molecule has 1 aliphatic carbocycles. The Morgan fingerprint density at radius 1 is 1.26 bits per heavy atom. The first-order valence-corrected chi connectivity index (χ1v) is 8.70. The molecule has 27 heavy (non-hydrogen) atoms. The highest BCUT2D eigenvalue weighted by Crippen LogP contribution is 2.33. The van der Waals surface area contributed by atoms with Gasteiger partial charge in [0.2, 0.25) is 0 Å². The van der Waals surface area contributed by atoms with E-state index < -0.39 is 22.9 Å². The Morgan fingerprint density at radius 3 is 2.56 bits per heavy atom. The molecule has 0 amide bonds. The molecule has 0 spiro atoms. The van der Waals surface area contributed by atoms with Crippen molar-refractivity contribution in [3.8, 4) is 17.3 Å². The molecule has 2 aromatic rings. The van der Waals surface area contributed by atoms with Gasteiger partial charge in [0.15, 0.2) is 0 Å². The standard InChI is InChI=1S/C20H18F3N3O/c1-13-6-5-9-15(10-13)25-26-18(14-7-3-2-4-8-14)11-17(20(21,22)23)16(12-24)19(26)27/h2-4,7-8,11,13H,5-6,9-10H2,1H3/t13-/m1/s1. The maximum absolute atomic E-state index is 13.4. The van der Waals surface area contributed by atoms with Crippen LogP contribution < -0.4 is 5.56 Å². The van der Waals surface area contributed by atoms with Gasteiger partial charge in [0.05, 0.1) is 11.3 Å². The van der Waals surface area contributed by atoms with Crippen LogP contribution in [0.25, 0.3) is 11.3 Å². The lowest BCUT2D eigenvalue weighted by Gasteiger charge is -2.20. The smallest absolute Gasteiger partial charge is 0.266 e.